The minimum atomic E-state index is -0.309. The van der Waals surface area contributed by atoms with E-state index in [1.807, 2.05) is 35.9 Å². The molecule has 4 aromatic rings. The molecule has 4 heterocycles. The highest BCUT2D eigenvalue weighted by molar-refractivity contribution is 6.03. The second-order valence-corrected chi connectivity index (χ2v) is 8.78. The van der Waals surface area contributed by atoms with Gasteiger partial charge in [-0.3, -0.25) is 9.78 Å². The first-order valence-electron chi connectivity index (χ1n) is 11.3. The van der Waals surface area contributed by atoms with Crippen LogP contribution in [0.4, 0.5) is 5.82 Å². The van der Waals surface area contributed by atoms with Gasteiger partial charge in [-0.25, -0.2) is 9.97 Å². The Hall–Kier alpha value is -3.94. The number of carbonyl (C=O) groups excluding carboxylic acids is 1. The van der Waals surface area contributed by atoms with Crippen LogP contribution in [0.5, 0.6) is 0 Å². The lowest BCUT2D eigenvalue weighted by molar-refractivity contribution is 0.102. The average molecular weight is 438 g/mol. The fourth-order valence-corrected chi connectivity index (χ4v) is 4.00. The zero-order valence-electron chi connectivity index (χ0n) is 18.3. The first-order chi connectivity index (χ1) is 16.1. The van der Waals surface area contributed by atoms with E-state index >= 15 is 0 Å². The average Bonchev–Trinajstić information content (AvgIpc) is 3.77. The zero-order chi connectivity index (χ0) is 22.4. The quantitative estimate of drug-likeness (QED) is 0.474. The number of nitrogens with one attached hydrogen (secondary N) is 1. The SMILES string of the molecule is Cc1cc(-c2ccc(C3CC3)nc2)cc(C(=O)Nc2cccc(-c3nncn3C3CC3)n2)n1. The summed E-state index contributed by atoms with van der Waals surface area (Å²) in [5.74, 6) is 1.46. The summed E-state index contributed by atoms with van der Waals surface area (Å²) in [4.78, 5) is 26.7. The number of rotatable bonds is 6. The molecular formula is C25H23N7O. The Morgan fingerprint density at radius 1 is 1.03 bits per heavy atom. The van der Waals surface area contributed by atoms with Crippen LogP contribution in [-0.4, -0.2) is 35.6 Å². The molecule has 0 atom stereocenters. The molecular weight excluding hydrogens is 414 g/mol. The number of amides is 1. The molecule has 33 heavy (non-hydrogen) atoms. The van der Waals surface area contributed by atoms with Crippen molar-refractivity contribution in [2.75, 3.05) is 5.32 Å². The lowest BCUT2D eigenvalue weighted by atomic mass is 10.1. The van der Waals surface area contributed by atoms with Crippen LogP contribution in [0.1, 0.15) is 59.5 Å². The summed E-state index contributed by atoms with van der Waals surface area (Å²) in [6.45, 7) is 1.88. The molecule has 0 aliphatic heterocycles. The Labute approximate surface area is 191 Å². The van der Waals surface area contributed by atoms with Gasteiger partial charge in [0.2, 0.25) is 0 Å². The summed E-state index contributed by atoms with van der Waals surface area (Å²) in [6.07, 6.45) is 8.32. The van der Waals surface area contributed by atoms with E-state index in [2.05, 4.69) is 42.6 Å². The van der Waals surface area contributed by atoms with Gasteiger partial charge < -0.3 is 9.88 Å². The van der Waals surface area contributed by atoms with Crippen LogP contribution >= 0.6 is 0 Å². The highest BCUT2D eigenvalue weighted by Gasteiger charge is 2.27. The zero-order valence-corrected chi connectivity index (χ0v) is 18.3. The van der Waals surface area contributed by atoms with Gasteiger partial charge in [0, 0.05) is 35.1 Å². The molecule has 0 spiro atoms. The highest BCUT2D eigenvalue weighted by atomic mass is 16.1. The maximum absolute atomic E-state index is 13.0. The van der Waals surface area contributed by atoms with Gasteiger partial charge in [0.25, 0.3) is 5.91 Å². The van der Waals surface area contributed by atoms with E-state index in [1.165, 1.54) is 12.8 Å². The van der Waals surface area contributed by atoms with Crippen molar-refractivity contribution >= 4 is 11.7 Å². The van der Waals surface area contributed by atoms with Gasteiger partial charge in [-0.1, -0.05) is 12.1 Å². The fourth-order valence-electron chi connectivity index (χ4n) is 4.00. The lowest BCUT2D eigenvalue weighted by Crippen LogP contribution is -2.15. The third-order valence-electron chi connectivity index (χ3n) is 6.03. The monoisotopic (exact) mass is 437 g/mol. The van der Waals surface area contributed by atoms with Crippen molar-refractivity contribution in [3.8, 4) is 22.6 Å². The van der Waals surface area contributed by atoms with Gasteiger partial charge in [0.15, 0.2) is 5.82 Å². The van der Waals surface area contributed by atoms with Crippen molar-refractivity contribution in [2.24, 2.45) is 0 Å². The molecule has 0 saturated heterocycles. The fraction of sp³-hybridized carbons (Fsp3) is 0.280. The molecule has 6 rings (SSSR count). The van der Waals surface area contributed by atoms with E-state index in [9.17, 15) is 4.79 Å². The second kappa shape index (κ2) is 7.88. The first kappa shape index (κ1) is 19.7. The van der Waals surface area contributed by atoms with Crippen LogP contribution in [-0.2, 0) is 0 Å². The molecule has 8 heteroatoms. The van der Waals surface area contributed by atoms with Crippen LogP contribution in [0.15, 0.2) is 55.0 Å². The van der Waals surface area contributed by atoms with Gasteiger partial charge in [0.1, 0.15) is 23.5 Å². The lowest BCUT2D eigenvalue weighted by Gasteiger charge is -2.09. The number of aromatic nitrogens is 6. The van der Waals surface area contributed by atoms with E-state index < -0.39 is 0 Å². The molecule has 4 aromatic heterocycles. The van der Waals surface area contributed by atoms with Crippen molar-refractivity contribution in [2.45, 2.75) is 44.6 Å². The first-order valence-corrected chi connectivity index (χ1v) is 11.3. The van der Waals surface area contributed by atoms with Crippen molar-refractivity contribution in [1.82, 2.24) is 29.7 Å². The van der Waals surface area contributed by atoms with Crippen molar-refractivity contribution in [3.63, 3.8) is 0 Å². The van der Waals surface area contributed by atoms with E-state index in [-0.39, 0.29) is 5.91 Å². The maximum atomic E-state index is 13.0. The minimum absolute atomic E-state index is 0.309. The molecule has 0 unspecified atom stereocenters. The number of hydrogen-bond donors (Lipinski definition) is 1. The summed E-state index contributed by atoms with van der Waals surface area (Å²) in [5.41, 5.74) is 4.82. The summed E-state index contributed by atoms with van der Waals surface area (Å²) < 4.78 is 2.05. The van der Waals surface area contributed by atoms with E-state index in [4.69, 9.17) is 0 Å². The van der Waals surface area contributed by atoms with E-state index in [0.717, 1.165) is 35.4 Å². The van der Waals surface area contributed by atoms with Crippen LogP contribution in [0.2, 0.25) is 0 Å². The maximum Gasteiger partial charge on any atom is 0.275 e. The number of aryl methyl sites for hydroxylation is 1. The van der Waals surface area contributed by atoms with Crippen molar-refractivity contribution < 1.29 is 4.79 Å². The number of carbonyl (C=O) groups is 1. The van der Waals surface area contributed by atoms with Gasteiger partial charge in [-0.15, -0.1) is 10.2 Å². The van der Waals surface area contributed by atoms with E-state index in [0.29, 0.717) is 35.0 Å². The summed E-state index contributed by atoms with van der Waals surface area (Å²) >= 11 is 0. The predicted molar refractivity (Wildman–Crippen MR) is 124 cm³/mol. The molecule has 2 saturated carbocycles. The topological polar surface area (TPSA) is 98.5 Å². The summed E-state index contributed by atoms with van der Waals surface area (Å²) in [5, 5.41) is 11.1. The minimum Gasteiger partial charge on any atom is -0.309 e. The largest absolute Gasteiger partial charge is 0.309 e. The normalized spacial score (nSPS) is 15.4. The van der Waals surface area contributed by atoms with Crippen LogP contribution in [0.3, 0.4) is 0 Å². The highest BCUT2D eigenvalue weighted by Crippen LogP contribution is 2.39. The van der Waals surface area contributed by atoms with Crippen molar-refractivity contribution in [1.29, 1.82) is 0 Å². The van der Waals surface area contributed by atoms with Gasteiger partial charge >= 0.3 is 0 Å². The van der Waals surface area contributed by atoms with Gasteiger partial charge in [0.05, 0.1) is 0 Å². The number of nitrogens with zero attached hydrogens (tertiary/aromatic N) is 6. The van der Waals surface area contributed by atoms with Crippen LogP contribution < -0.4 is 5.32 Å². The molecule has 0 radical (unpaired) electrons. The third-order valence-corrected chi connectivity index (χ3v) is 6.03. The summed E-state index contributed by atoms with van der Waals surface area (Å²) in [6, 6.07) is 13.8. The molecule has 2 aliphatic carbocycles. The molecule has 2 fully saturated rings. The van der Waals surface area contributed by atoms with Crippen molar-refractivity contribution in [3.05, 3.63) is 72.1 Å². The molecule has 1 amide bonds. The molecule has 2 aliphatic rings. The standard InChI is InChI=1S/C25H23N7O/c1-15-11-18(17-7-10-20(26-13-17)16-5-6-16)12-22(28-15)25(33)30-23-4-2-3-21(29-23)24-31-27-14-32(24)19-8-9-19/h2-4,7,10-14,16,19H,5-6,8-9H2,1H3,(H,29,30,33). The Balaban J connectivity index is 1.24. The molecule has 0 aromatic carbocycles. The van der Waals surface area contributed by atoms with Gasteiger partial charge in [-0.05, 0) is 68.5 Å². The number of anilines is 1. The third kappa shape index (κ3) is 4.11. The Morgan fingerprint density at radius 3 is 2.67 bits per heavy atom. The van der Waals surface area contributed by atoms with E-state index in [1.54, 1.807) is 18.5 Å². The van der Waals surface area contributed by atoms with Gasteiger partial charge in [-0.2, -0.15) is 0 Å². The number of pyridine rings is 3. The molecule has 1 N–H and O–H groups in total. The molecule has 164 valence electrons. The predicted octanol–water partition coefficient (Wildman–Crippen LogP) is 4.57. The van der Waals surface area contributed by atoms with Crippen LogP contribution in [0, 0.1) is 6.92 Å². The Bertz CT molecular complexity index is 1340. The number of hydrogen-bond acceptors (Lipinski definition) is 6. The molecule has 0 bridgehead atoms. The molecule has 8 nitrogen and oxygen atoms in total. The Morgan fingerprint density at radius 2 is 1.91 bits per heavy atom. The Kier molecular flexibility index (Phi) is 4.71. The summed E-state index contributed by atoms with van der Waals surface area (Å²) in [7, 11) is 0. The second-order valence-electron chi connectivity index (χ2n) is 8.78. The van der Waals surface area contributed by atoms with Crippen LogP contribution in [0.25, 0.3) is 22.6 Å². The smallest absolute Gasteiger partial charge is 0.275 e.